The van der Waals surface area contributed by atoms with E-state index in [-0.39, 0.29) is 11.9 Å². The fraction of sp³-hybridized carbons (Fsp3) is 0.375. The van der Waals surface area contributed by atoms with Crippen molar-refractivity contribution in [2.75, 3.05) is 13.1 Å². The Morgan fingerprint density at radius 2 is 2.14 bits per heavy atom. The van der Waals surface area contributed by atoms with Gasteiger partial charge in [-0.05, 0) is 30.5 Å². The minimum atomic E-state index is 0.149. The molecule has 2 heterocycles. The Morgan fingerprint density at radius 3 is 2.90 bits per heavy atom. The van der Waals surface area contributed by atoms with Crippen LogP contribution in [0.5, 0.6) is 0 Å². The third-order valence-electron chi connectivity index (χ3n) is 3.98. The number of nitrogens with two attached hydrogens (primary N) is 1. The first kappa shape index (κ1) is 13.8. The van der Waals surface area contributed by atoms with Crippen molar-refractivity contribution in [3.05, 3.63) is 48.3 Å². The van der Waals surface area contributed by atoms with Gasteiger partial charge >= 0.3 is 0 Å². The van der Waals surface area contributed by atoms with Crippen molar-refractivity contribution in [3.63, 3.8) is 0 Å². The smallest absolute Gasteiger partial charge is 0.227 e. The molecule has 1 aliphatic heterocycles. The van der Waals surface area contributed by atoms with Gasteiger partial charge in [0.1, 0.15) is 0 Å². The highest BCUT2D eigenvalue weighted by atomic mass is 16.2. The predicted molar refractivity (Wildman–Crippen MR) is 81.1 cm³/mol. The Hall–Kier alpha value is -2.14. The number of nitrogens with zero attached hydrogens (tertiary/aromatic N) is 3. The molecule has 21 heavy (non-hydrogen) atoms. The van der Waals surface area contributed by atoms with E-state index in [1.807, 2.05) is 41.4 Å². The molecule has 5 heteroatoms. The zero-order valence-electron chi connectivity index (χ0n) is 12.0. The highest BCUT2D eigenvalue weighted by Crippen LogP contribution is 2.18. The predicted octanol–water partition coefficient (Wildman–Crippen LogP) is 1.36. The minimum Gasteiger partial charge on any atom is -0.338 e. The lowest BCUT2D eigenvalue weighted by Gasteiger charge is -2.23. The maximum atomic E-state index is 12.4. The van der Waals surface area contributed by atoms with Crippen molar-refractivity contribution < 1.29 is 4.79 Å². The normalized spacial score (nSPS) is 18.1. The van der Waals surface area contributed by atoms with Gasteiger partial charge in [-0.3, -0.25) is 4.79 Å². The summed E-state index contributed by atoms with van der Waals surface area (Å²) in [5.74, 6) is 0.149. The molecule has 1 aromatic carbocycles. The van der Waals surface area contributed by atoms with Crippen molar-refractivity contribution in [2.24, 2.45) is 5.73 Å². The second-order valence-corrected chi connectivity index (χ2v) is 5.42. The summed E-state index contributed by atoms with van der Waals surface area (Å²) in [7, 11) is 0. The van der Waals surface area contributed by atoms with Crippen LogP contribution in [0.1, 0.15) is 18.4 Å². The quantitative estimate of drug-likeness (QED) is 0.922. The van der Waals surface area contributed by atoms with Gasteiger partial charge in [-0.2, -0.15) is 5.10 Å². The number of carbonyl (C=O) groups is 1. The van der Waals surface area contributed by atoms with Crippen LogP contribution in [-0.4, -0.2) is 39.7 Å². The van der Waals surface area contributed by atoms with Crippen LogP contribution in [-0.2, 0) is 11.2 Å². The van der Waals surface area contributed by atoms with Crippen LogP contribution in [0.4, 0.5) is 0 Å². The lowest BCUT2D eigenvalue weighted by Crippen LogP contribution is -2.40. The van der Waals surface area contributed by atoms with E-state index < -0.39 is 0 Å². The summed E-state index contributed by atoms with van der Waals surface area (Å²) in [6.45, 7) is 1.38. The summed E-state index contributed by atoms with van der Waals surface area (Å²) in [4.78, 5) is 14.3. The Labute approximate surface area is 124 Å². The molecule has 1 aliphatic rings. The SMILES string of the molecule is NCC1CCCN1C(=O)Cc1cnn(-c2ccccc2)c1. The van der Waals surface area contributed by atoms with Gasteiger partial charge in [0.25, 0.3) is 0 Å². The molecule has 2 aromatic rings. The standard InChI is InChI=1S/C16H20N4O/c17-10-15-7-4-8-19(15)16(21)9-13-11-18-20(12-13)14-5-2-1-3-6-14/h1-3,5-6,11-12,15H,4,7-10,17H2. The molecule has 1 aromatic heterocycles. The molecule has 1 amide bonds. The summed E-state index contributed by atoms with van der Waals surface area (Å²) in [6, 6.07) is 10.1. The molecule has 1 atom stereocenters. The Morgan fingerprint density at radius 1 is 1.33 bits per heavy atom. The molecular formula is C16H20N4O. The summed E-state index contributed by atoms with van der Waals surface area (Å²) in [5.41, 5.74) is 7.66. The van der Waals surface area contributed by atoms with Crippen molar-refractivity contribution in [2.45, 2.75) is 25.3 Å². The lowest BCUT2D eigenvalue weighted by atomic mass is 10.2. The van der Waals surface area contributed by atoms with Gasteiger partial charge in [0.05, 0.1) is 18.3 Å². The number of hydrogen-bond donors (Lipinski definition) is 1. The Kier molecular flexibility index (Phi) is 4.01. The highest BCUT2D eigenvalue weighted by Gasteiger charge is 2.27. The van der Waals surface area contributed by atoms with Gasteiger partial charge in [0, 0.05) is 25.3 Å². The average molecular weight is 284 g/mol. The fourth-order valence-corrected chi connectivity index (χ4v) is 2.86. The van der Waals surface area contributed by atoms with Gasteiger partial charge in [-0.15, -0.1) is 0 Å². The first-order chi connectivity index (χ1) is 10.3. The molecule has 3 rings (SSSR count). The summed E-state index contributed by atoms with van der Waals surface area (Å²) in [6.07, 6.45) is 6.14. The molecule has 1 saturated heterocycles. The second kappa shape index (κ2) is 6.10. The molecule has 0 radical (unpaired) electrons. The van der Waals surface area contributed by atoms with Crippen molar-refractivity contribution in [1.82, 2.24) is 14.7 Å². The van der Waals surface area contributed by atoms with Gasteiger partial charge in [0.2, 0.25) is 5.91 Å². The maximum absolute atomic E-state index is 12.4. The van der Waals surface area contributed by atoms with E-state index in [1.165, 1.54) is 0 Å². The number of amides is 1. The minimum absolute atomic E-state index is 0.149. The second-order valence-electron chi connectivity index (χ2n) is 5.42. The fourth-order valence-electron chi connectivity index (χ4n) is 2.86. The van der Waals surface area contributed by atoms with Crippen LogP contribution in [0.3, 0.4) is 0 Å². The van der Waals surface area contributed by atoms with Gasteiger partial charge in [0.15, 0.2) is 0 Å². The zero-order chi connectivity index (χ0) is 14.7. The molecule has 1 unspecified atom stereocenters. The van der Waals surface area contributed by atoms with Crippen molar-refractivity contribution in [1.29, 1.82) is 0 Å². The third kappa shape index (κ3) is 2.97. The molecule has 2 N–H and O–H groups in total. The van der Waals surface area contributed by atoms with Crippen LogP contribution < -0.4 is 5.73 Å². The van der Waals surface area contributed by atoms with E-state index >= 15 is 0 Å². The van der Waals surface area contributed by atoms with Crippen LogP contribution in [0, 0.1) is 0 Å². The van der Waals surface area contributed by atoms with E-state index in [0.29, 0.717) is 13.0 Å². The van der Waals surface area contributed by atoms with Crippen LogP contribution in [0.25, 0.3) is 5.69 Å². The number of hydrogen-bond acceptors (Lipinski definition) is 3. The summed E-state index contributed by atoms with van der Waals surface area (Å²) >= 11 is 0. The van der Waals surface area contributed by atoms with Crippen LogP contribution >= 0.6 is 0 Å². The number of rotatable bonds is 4. The van der Waals surface area contributed by atoms with Crippen molar-refractivity contribution >= 4 is 5.91 Å². The molecule has 1 fully saturated rings. The molecular weight excluding hydrogens is 264 g/mol. The monoisotopic (exact) mass is 284 g/mol. The van der Waals surface area contributed by atoms with E-state index in [4.69, 9.17) is 5.73 Å². The maximum Gasteiger partial charge on any atom is 0.227 e. The lowest BCUT2D eigenvalue weighted by molar-refractivity contribution is -0.131. The van der Waals surface area contributed by atoms with Crippen LogP contribution in [0.15, 0.2) is 42.7 Å². The largest absolute Gasteiger partial charge is 0.338 e. The van der Waals surface area contributed by atoms with Gasteiger partial charge < -0.3 is 10.6 Å². The van der Waals surface area contributed by atoms with Gasteiger partial charge in [-0.1, -0.05) is 18.2 Å². The Bertz CT molecular complexity index is 608. The molecule has 0 aliphatic carbocycles. The Balaban J connectivity index is 1.69. The number of carbonyl (C=O) groups excluding carboxylic acids is 1. The molecule has 0 spiro atoms. The molecule has 5 nitrogen and oxygen atoms in total. The van der Waals surface area contributed by atoms with E-state index in [2.05, 4.69) is 5.10 Å². The number of para-hydroxylation sites is 1. The van der Waals surface area contributed by atoms with Gasteiger partial charge in [-0.25, -0.2) is 4.68 Å². The first-order valence-electron chi connectivity index (χ1n) is 7.36. The zero-order valence-corrected chi connectivity index (χ0v) is 12.0. The number of benzene rings is 1. The van der Waals surface area contributed by atoms with Crippen molar-refractivity contribution in [3.8, 4) is 5.69 Å². The molecule has 0 saturated carbocycles. The topological polar surface area (TPSA) is 64.2 Å². The van der Waals surface area contributed by atoms with E-state index in [9.17, 15) is 4.79 Å². The number of aromatic nitrogens is 2. The first-order valence-corrected chi connectivity index (χ1v) is 7.36. The molecule has 110 valence electrons. The van der Waals surface area contributed by atoms with Crippen LogP contribution in [0.2, 0.25) is 0 Å². The number of likely N-dealkylation sites (tertiary alicyclic amines) is 1. The van der Waals surface area contributed by atoms with E-state index in [1.54, 1.807) is 10.9 Å². The average Bonchev–Trinajstić information content (AvgIpc) is 3.16. The third-order valence-corrected chi connectivity index (χ3v) is 3.98. The molecule has 0 bridgehead atoms. The summed E-state index contributed by atoms with van der Waals surface area (Å²) in [5, 5.41) is 4.33. The van der Waals surface area contributed by atoms with E-state index in [0.717, 1.165) is 30.6 Å². The highest BCUT2D eigenvalue weighted by molar-refractivity contribution is 5.79. The summed E-state index contributed by atoms with van der Waals surface area (Å²) < 4.78 is 1.80.